The van der Waals surface area contributed by atoms with E-state index in [1.165, 1.54) is 0 Å². The van der Waals surface area contributed by atoms with E-state index in [9.17, 15) is 9.90 Å². The highest BCUT2D eigenvalue weighted by Crippen LogP contribution is 2.33. The number of hydrogen-bond acceptors (Lipinski definition) is 4. The van der Waals surface area contributed by atoms with Crippen molar-refractivity contribution in [1.82, 2.24) is 4.90 Å². The summed E-state index contributed by atoms with van der Waals surface area (Å²) in [4.78, 5) is 14.0. The highest BCUT2D eigenvalue weighted by Gasteiger charge is 2.34. The average Bonchev–Trinajstić information content (AvgIpc) is 2.44. The van der Waals surface area contributed by atoms with Gasteiger partial charge in [0.2, 0.25) is 0 Å². The van der Waals surface area contributed by atoms with Crippen molar-refractivity contribution in [2.45, 2.75) is 38.7 Å². The average molecular weight is 306 g/mol. The topological polar surface area (TPSA) is 75.8 Å². The van der Waals surface area contributed by atoms with Gasteiger partial charge >= 0.3 is 6.09 Å². The molecule has 3 N–H and O–H groups in total. The van der Waals surface area contributed by atoms with Gasteiger partial charge in [-0.1, -0.05) is 12.1 Å². The minimum absolute atomic E-state index is 0.0785. The number of ether oxygens (including phenoxy) is 1. The van der Waals surface area contributed by atoms with Crippen LogP contribution in [0.5, 0.6) is 0 Å². The molecule has 1 aromatic carbocycles. The minimum atomic E-state index is -0.502. The van der Waals surface area contributed by atoms with Crippen molar-refractivity contribution in [3.8, 4) is 0 Å². The maximum absolute atomic E-state index is 12.3. The van der Waals surface area contributed by atoms with Crippen LogP contribution in [0.25, 0.3) is 0 Å². The molecule has 2 atom stereocenters. The zero-order valence-corrected chi connectivity index (χ0v) is 13.6. The summed E-state index contributed by atoms with van der Waals surface area (Å²) in [5.41, 5.74) is 7.12. The molecule has 22 heavy (non-hydrogen) atoms. The molecule has 1 aliphatic rings. The molecule has 0 bridgehead atoms. The van der Waals surface area contributed by atoms with Crippen molar-refractivity contribution >= 4 is 11.8 Å². The standard InChI is InChI=1S/C17H26N2O3/c1-17(2,3)22-16(21)19-8-7-13(11-20)15(10-19)12-5-4-6-14(18)9-12/h4-6,9,13,15,20H,7-8,10-11,18H2,1-3H3/t13-,15+/m0/s1. The summed E-state index contributed by atoms with van der Waals surface area (Å²) >= 11 is 0. The maximum atomic E-state index is 12.3. The molecule has 1 aliphatic heterocycles. The first-order valence-corrected chi connectivity index (χ1v) is 7.74. The number of aliphatic hydroxyl groups is 1. The van der Waals surface area contributed by atoms with Crippen LogP contribution in [0.3, 0.4) is 0 Å². The summed E-state index contributed by atoms with van der Waals surface area (Å²) in [6, 6.07) is 7.67. The summed E-state index contributed by atoms with van der Waals surface area (Å²) in [5, 5.41) is 9.64. The largest absolute Gasteiger partial charge is 0.444 e. The Hall–Kier alpha value is -1.75. The Morgan fingerprint density at radius 1 is 1.45 bits per heavy atom. The van der Waals surface area contributed by atoms with E-state index in [4.69, 9.17) is 10.5 Å². The van der Waals surface area contributed by atoms with Crippen LogP contribution >= 0.6 is 0 Å². The molecule has 1 heterocycles. The van der Waals surface area contributed by atoms with Crippen LogP contribution in [-0.4, -0.2) is 41.4 Å². The highest BCUT2D eigenvalue weighted by atomic mass is 16.6. The zero-order valence-electron chi connectivity index (χ0n) is 13.6. The quantitative estimate of drug-likeness (QED) is 0.824. The number of nitrogen functional groups attached to an aromatic ring is 1. The van der Waals surface area contributed by atoms with Crippen LogP contribution < -0.4 is 5.73 Å². The molecule has 0 saturated carbocycles. The molecule has 1 saturated heterocycles. The lowest BCUT2D eigenvalue weighted by Crippen LogP contribution is -2.45. The number of amides is 1. The highest BCUT2D eigenvalue weighted by molar-refractivity contribution is 5.68. The van der Waals surface area contributed by atoms with Crippen molar-refractivity contribution in [1.29, 1.82) is 0 Å². The molecule has 1 aromatic rings. The van der Waals surface area contributed by atoms with E-state index in [1.807, 2.05) is 45.0 Å². The van der Waals surface area contributed by atoms with E-state index in [0.717, 1.165) is 12.0 Å². The summed E-state index contributed by atoms with van der Waals surface area (Å²) in [7, 11) is 0. The van der Waals surface area contributed by atoms with E-state index in [1.54, 1.807) is 4.90 Å². The first-order valence-electron chi connectivity index (χ1n) is 7.74. The predicted octanol–water partition coefficient (Wildman–Crippen LogP) is 2.60. The molecule has 122 valence electrons. The Labute approximate surface area is 132 Å². The van der Waals surface area contributed by atoms with Gasteiger partial charge in [-0.25, -0.2) is 4.79 Å². The second kappa shape index (κ2) is 6.57. The molecule has 5 heteroatoms. The van der Waals surface area contributed by atoms with E-state index < -0.39 is 5.60 Å². The van der Waals surface area contributed by atoms with Crippen molar-refractivity contribution in [3.63, 3.8) is 0 Å². The number of anilines is 1. The molecular weight excluding hydrogens is 280 g/mol. The fraction of sp³-hybridized carbons (Fsp3) is 0.588. The first-order chi connectivity index (χ1) is 10.3. The fourth-order valence-corrected chi connectivity index (χ4v) is 2.88. The fourth-order valence-electron chi connectivity index (χ4n) is 2.88. The van der Waals surface area contributed by atoms with E-state index >= 15 is 0 Å². The van der Waals surface area contributed by atoms with Crippen LogP contribution in [0.1, 0.15) is 38.7 Å². The number of piperidine rings is 1. The lowest BCUT2D eigenvalue weighted by molar-refractivity contribution is 0.0122. The Morgan fingerprint density at radius 2 is 2.18 bits per heavy atom. The number of hydrogen-bond donors (Lipinski definition) is 2. The molecule has 1 amide bonds. The number of likely N-dealkylation sites (tertiary alicyclic amines) is 1. The Bertz CT molecular complexity index is 525. The second-order valence-electron chi connectivity index (χ2n) is 6.93. The lowest BCUT2D eigenvalue weighted by atomic mass is 9.81. The molecule has 0 aromatic heterocycles. The van der Waals surface area contributed by atoms with E-state index in [2.05, 4.69) is 0 Å². The van der Waals surface area contributed by atoms with Gasteiger partial charge in [0.05, 0.1) is 0 Å². The third-order valence-electron chi connectivity index (χ3n) is 3.98. The van der Waals surface area contributed by atoms with Crippen LogP contribution in [-0.2, 0) is 4.74 Å². The maximum Gasteiger partial charge on any atom is 0.410 e. The summed E-state index contributed by atoms with van der Waals surface area (Å²) < 4.78 is 5.45. The molecule has 5 nitrogen and oxygen atoms in total. The van der Waals surface area contributed by atoms with Crippen LogP contribution in [0, 0.1) is 5.92 Å². The molecule has 0 spiro atoms. The van der Waals surface area contributed by atoms with Gasteiger partial charge in [-0.2, -0.15) is 0 Å². The summed E-state index contributed by atoms with van der Waals surface area (Å²) in [6.45, 7) is 6.85. The van der Waals surface area contributed by atoms with Gasteiger partial charge < -0.3 is 20.5 Å². The number of nitrogens with two attached hydrogens (primary N) is 1. The lowest BCUT2D eigenvalue weighted by Gasteiger charge is -2.38. The third-order valence-corrected chi connectivity index (χ3v) is 3.98. The van der Waals surface area contributed by atoms with E-state index in [0.29, 0.717) is 18.8 Å². The van der Waals surface area contributed by atoms with Crippen LogP contribution in [0.2, 0.25) is 0 Å². The second-order valence-corrected chi connectivity index (χ2v) is 6.93. The zero-order chi connectivity index (χ0) is 16.3. The normalized spacial score (nSPS) is 22.5. The SMILES string of the molecule is CC(C)(C)OC(=O)N1CC[C@@H](CO)[C@@H](c2cccc(N)c2)C1. The van der Waals surface area contributed by atoms with Gasteiger partial charge in [0.1, 0.15) is 5.60 Å². The van der Waals surface area contributed by atoms with Gasteiger partial charge in [0, 0.05) is 31.3 Å². The van der Waals surface area contributed by atoms with Gasteiger partial charge in [0.25, 0.3) is 0 Å². The van der Waals surface area contributed by atoms with Crippen LogP contribution in [0.15, 0.2) is 24.3 Å². The first kappa shape index (κ1) is 16.6. The van der Waals surface area contributed by atoms with Crippen molar-refractivity contribution in [2.75, 3.05) is 25.4 Å². The number of carbonyl (C=O) groups excluding carboxylic acids is 1. The van der Waals surface area contributed by atoms with Gasteiger partial charge in [-0.15, -0.1) is 0 Å². The van der Waals surface area contributed by atoms with Gasteiger partial charge in [-0.05, 0) is 50.8 Å². The Morgan fingerprint density at radius 3 is 2.77 bits per heavy atom. The van der Waals surface area contributed by atoms with E-state index in [-0.39, 0.29) is 24.5 Å². The number of carbonyl (C=O) groups is 1. The molecule has 2 rings (SSSR count). The van der Waals surface area contributed by atoms with Crippen molar-refractivity contribution in [3.05, 3.63) is 29.8 Å². The Balaban J connectivity index is 2.15. The third kappa shape index (κ3) is 4.13. The van der Waals surface area contributed by atoms with Crippen molar-refractivity contribution in [2.24, 2.45) is 5.92 Å². The molecular formula is C17H26N2O3. The molecule has 1 fully saturated rings. The Kier molecular flexibility index (Phi) is 4.96. The summed E-state index contributed by atoms with van der Waals surface area (Å²) in [6.07, 6.45) is 0.465. The number of rotatable bonds is 2. The molecule has 0 unspecified atom stereocenters. The van der Waals surface area contributed by atoms with Crippen molar-refractivity contribution < 1.29 is 14.6 Å². The summed E-state index contributed by atoms with van der Waals surface area (Å²) in [5.74, 6) is 0.218. The monoisotopic (exact) mass is 306 g/mol. The molecule has 0 radical (unpaired) electrons. The van der Waals surface area contributed by atoms with Gasteiger partial charge in [0.15, 0.2) is 0 Å². The van der Waals surface area contributed by atoms with Crippen LogP contribution in [0.4, 0.5) is 10.5 Å². The number of aliphatic hydroxyl groups excluding tert-OH is 1. The number of nitrogens with zero attached hydrogens (tertiary/aromatic N) is 1. The number of benzene rings is 1. The molecule has 0 aliphatic carbocycles. The smallest absolute Gasteiger partial charge is 0.410 e. The van der Waals surface area contributed by atoms with Gasteiger partial charge in [-0.3, -0.25) is 0 Å². The minimum Gasteiger partial charge on any atom is -0.444 e. The predicted molar refractivity (Wildman–Crippen MR) is 86.6 cm³/mol.